The zero-order chi connectivity index (χ0) is 80.6. The first-order valence-corrected chi connectivity index (χ1v) is 41.6. The average Bonchev–Trinajstić information content (AvgIpc) is 1.56. The van der Waals surface area contributed by atoms with E-state index in [2.05, 4.69) is 458 Å². The molecule has 4 heterocycles. The van der Waals surface area contributed by atoms with E-state index < -0.39 is 0 Å². The predicted octanol–water partition coefficient (Wildman–Crippen LogP) is 30.7. The van der Waals surface area contributed by atoms with Crippen LogP contribution in [-0.2, 0) is 0 Å². The van der Waals surface area contributed by atoms with Crippen LogP contribution in [0, 0.1) is 0 Å². The molecule has 20 aromatic carbocycles. The zero-order valence-corrected chi connectivity index (χ0v) is 66.4. The van der Waals surface area contributed by atoms with E-state index in [0.29, 0.717) is 11.6 Å². The van der Waals surface area contributed by atoms with E-state index in [1.165, 1.54) is 131 Å². The van der Waals surface area contributed by atoms with Crippen LogP contribution in [0.1, 0.15) is 0 Å². The van der Waals surface area contributed by atoms with Gasteiger partial charge >= 0.3 is 0 Å². The number of nitrogens with zero attached hydrogens (tertiary/aromatic N) is 6. The molecule has 0 amide bonds. The minimum Gasteiger partial charge on any atom is -0.309 e. The summed E-state index contributed by atoms with van der Waals surface area (Å²) < 4.78 is 4.80. The van der Waals surface area contributed by atoms with Gasteiger partial charge in [0.15, 0.2) is 11.6 Å². The number of aromatic nitrogens is 6. The maximum Gasteiger partial charge on any atom is 0.160 e. The smallest absolute Gasteiger partial charge is 0.160 e. The molecule has 568 valence electrons. The van der Waals surface area contributed by atoms with Crippen molar-refractivity contribution in [2.24, 2.45) is 0 Å². The maximum atomic E-state index is 5.38. The van der Waals surface area contributed by atoms with Crippen LogP contribution in [0.4, 0.5) is 0 Å². The second-order valence-corrected chi connectivity index (χ2v) is 31.6. The van der Waals surface area contributed by atoms with Gasteiger partial charge in [0.1, 0.15) is 0 Å². The van der Waals surface area contributed by atoms with Gasteiger partial charge in [-0.05, 0) is 237 Å². The average molecular weight is 1550 g/mol. The Balaban J connectivity index is 0.000000142. The Kier molecular flexibility index (Phi) is 17.5. The fourth-order valence-electron chi connectivity index (χ4n) is 18.2. The van der Waals surface area contributed by atoms with Crippen molar-refractivity contribution >= 4 is 109 Å². The van der Waals surface area contributed by atoms with E-state index in [1.807, 2.05) is 0 Å². The van der Waals surface area contributed by atoms with Crippen LogP contribution in [0.25, 0.3) is 232 Å². The van der Waals surface area contributed by atoms with Gasteiger partial charge in [0, 0.05) is 65.9 Å². The molecule has 0 radical (unpaired) electrons. The van der Waals surface area contributed by atoms with Crippen molar-refractivity contribution < 1.29 is 0 Å². The molecular weight excluding hydrogens is 1480 g/mol. The Hall–Kier alpha value is -16.3. The third kappa shape index (κ3) is 12.9. The molecule has 0 atom stereocenters. The largest absolute Gasteiger partial charge is 0.309 e. The first-order valence-electron chi connectivity index (χ1n) is 41.6. The first kappa shape index (κ1) is 71.1. The summed E-state index contributed by atoms with van der Waals surface area (Å²) in [6.07, 6.45) is 0. The van der Waals surface area contributed by atoms with Crippen molar-refractivity contribution in [1.82, 2.24) is 29.1 Å². The van der Waals surface area contributed by atoms with Gasteiger partial charge in [-0.3, -0.25) is 0 Å². The molecule has 6 nitrogen and oxygen atoms in total. The number of fused-ring (bicyclic) bond motifs is 12. The summed E-state index contributed by atoms with van der Waals surface area (Å²) in [5.41, 5.74) is 28.7. The molecule has 0 saturated heterocycles. The minimum absolute atomic E-state index is 0.691. The zero-order valence-electron chi connectivity index (χ0n) is 66.4. The molecule has 0 N–H and O–H groups in total. The SMILES string of the molecule is c1ccc(-c2ccc(-c3ccc4nc(-c5ccc(-n6c7ccc(-c8ccccc8)cc7c7cc8ccccc8cc76)cc5)nc(-c5ccc6ccccc6c5)c4c3)cc2)cc1.c1ccc(-c2ccc(-c3nc(-c4ccc(-n5c6cc7ccccc7cc6c6c(-c7ccccc7)cccc65)cc4)nc4cc(-c5ccc6ccccc6c5)ccc34)cc2)cc1. The summed E-state index contributed by atoms with van der Waals surface area (Å²) >= 11 is 0. The predicted molar refractivity (Wildman–Crippen MR) is 512 cm³/mol. The van der Waals surface area contributed by atoms with Gasteiger partial charge < -0.3 is 9.13 Å². The van der Waals surface area contributed by atoms with Gasteiger partial charge in [-0.1, -0.05) is 322 Å². The second kappa shape index (κ2) is 30.0. The quantitative estimate of drug-likeness (QED) is 0.122. The summed E-state index contributed by atoms with van der Waals surface area (Å²) in [5.74, 6) is 1.39. The van der Waals surface area contributed by atoms with E-state index >= 15 is 0 Å². The Labute approximate surface area is 705 Å². The fourth-order valence-corrected chi connectivity index (χ4v) is 18.2. The van der Waals surface area contributed by atoms with E-state index in [4.69, 9.17) is 19.9 Å². The van der Waals surface area contributed by atoms with Crippen LogP contribution in [0.5, 0.6) is 0 Å². The lowest BCUT2D eigenvalue weighted by Gasteiger charge is -2.13. The molecule has 0 aliphatic carbocycles. The Morgan fingerprint density at radius 1 is 0.156 bits per heavy atom. The van der Waals surface area contributed by atoms with Crippen molar-refractivity contribution in [3.63, 3.8) is 0 Å². The summed E-state index contributed by atoms with van der Waals surface area (Å²) in [6, 6.07) is 161. The molecule has 24 rings (SSSR count). The number of rotatable bonds is 12. The monoisotopic (exact) mass is 1550 g/mol. The standard InChI is InChI=1S/2C58H37N3/c1-3-12-38(13-4-1)40-22-25-42(26-23-40)57-51-33-30-48(47-27-24-39-14-7-8-17-44(39)34-47)36-53(51)59-58(60-57)43-28-31-49(32-29-43)61-54-21-11-20-50(41-15-5-2-6-16-41)56(54)52-35-45-18-9-10-19-46(45)37-55(52)61;1-3-11-38(12-4-1)41-19-21-42(22-20-41)47-27-31-54-53(36-47)57(49-24-23-40-15-7-8-16-44(40)33-49)60-58(59-54)43-25-29-50(30-26-43)61-55-32-28-48(39-13-5-2-6-14-39)35-51(55)52-34-45-17-9-10-18-46(45)37-56(52)61/h2*1-37H. The molecule has 6 heteroatoms. The number of hydrogen-bond donors (Lipinski definition) is 0. The van der Waals surface area contributed by atoms with Crippen LogP contribution in [0.2, 0.25) is 0 Å². The van der Waals surface area contributed by atoms with E-state index in [0.717, 1.165) is 89.1 Å². The molecule has 0 bridgehead atoms. The maximum absolute atomic E-state index is 5.38. The highest BCUT2D eigenvalue weighted by molar-refractivity contribution is 6.19. The van der Waals surface area contributed by atoms with Gasteiger partial charge in [0.05, 0.1) is 44.5 Å². The molecule has 0 aliphatic rings. The van der Waals surface area contributed by atoms with Crippen LogP contribution >= 0.6 is 0 Å². The van der Waals surface area contributed by atoms with Gasteiger partial charge in [-0.15, -0.1) is 0 Å². The van der Waals surface area contributed by atoms with Crippen molar-refractivity contribution in [2.45, 2.75) is 0 Å². The lowest BCUT2D eigenvalue weighted by atomic mass is 9.97. The van der Waals surface area contributed by atoms with E-state index in [1.54, 1.807) is 0 Å². The first-order chi connectivity index (χ1) is 60.4. The molecule has 0 saturated carbocycles. The van der Waals surface area contributed by atoms with Gasteiger partial charge in [-0.2, -0.15) is 0 Å². The lowest BCUT2D eigenvalue weighted by Crippen LogP contribution is -1.97. The van der Waals surface area contributed by atoms with E-state index in [-0.39, 0.29) is 0 Å². The molecule has 0 spiro atoms. The van der Waals surface area contributed by atoms with Crippen LogP contribution in [0.15, 0.2) is 449 Å². The third-order valence-corrected chi connectivity index (χ3v) is 24.3. The highest BCUT2D eigenvalue weighted by atomic mass is 15.0. The summed E-state index contributed by atoms with van der Waals surface area (Å²) in [7, 11) is 0. The summed E-state index contributed by atoms with van der Waals surface area (Å²) in [4.78, 5) is 21.3. The third-order valence-electron chi connectivity index (χ3n) is 24.3. The number of benzene rings is 20. The van der Waals surface area contributed by atoms with Crippen molar-refractivity contribution in [2.75, 3.05) is 0 Å². The molecular formula is C116H74N6. The Bertz CT molecular complexity index is 8180. The molecule has 24 aromatic rings. The van der Waals surface area contributed by atoms with E-state index in [9.17, 15) is 0 Å². The van der Waals surface area contributed by atoms with Crippen LogP contribution < -0.4 is 0 Å². The lowest BCUT2D eigenvalue weighted by molar-refractivity contribution is 1.17. The molecule has 0 unspecified atom stereocenters. The fraction of sp³-hybridized carbons (Fsp3) is 0. The number of hydrogen-bond acceptors (Lipinski definition) is 4. The summed E-state index contributed by atoms with van der Waals surface area (Å²) in [5, 5.41) is 16.7. The topological polar surface area (TPSA) is 61.4 Å². The molecule has 0 fully saturated rings. The van der Waals surface area contributed by atoms with Crippen LogP contribution in [-0.4, -0.2) is 29.1 Å². The minimum atomic E-state index is 0.691. The van der Waals surface area contributed by atoms with Gasteiger partial charge in [-0.25, -0.2) is 19.9 Å². The van der Waals surface area contributed by atoms with Crippen molar-refractivity contribution in [3.8, 4) is 123 Å². The Morgan fingerprint density at radius 3 is 1.07 bits per heavy atom. The van der Waals surface area contributed by atoms with Gasteiger partial charge in [0.2, 0.25) is 0 Å². The normalized spacial score (nSPS) is 11.6. The van der Waals surface area contributed by atoms with Gasteiger partial charge in [0.25, 0.3) is 0 Å². The highest BCUT2D eigenvalue weighted by Gasteiger charge is 2.22. The van der Waals surface area contributed by atoms with Crippen molar-refractivity contribution in [3.05, 3.63) is 449 Å². The van der Waals surface area contributed by atoms with Crippen LogP contribution in [0.3, 0.4) is 0 Å². The summed E-state index contributed by atoms with van der Waals surface area (Å²) in [6.45, 7) is 0. The van der Waals surface area contributed by atoms with Crippen molar-refractivity contribution in [1.29, 1.82) is 0 Å². The molecule has 0 aliphatic heterocycles. The Morgan fingerprint density at radius 2 is 0.508 bits per heavy atom. The second-order valence-electron chi connectivity index (χ2n) is 31.6. The molecule has 122 heavy (non-hydrogen) atoms. The highest BCUT2D eigenvalue weighted by Crippen LogP contribution is 2.44. The molecule has 4 aromatic heterocycles.